The highest BCUT2D eigenvalue weighted by molar-refractivity contribution is 9.10. The number of nitro groups is 1. The summed E-state index contributed by atoms with van der Waals surface area (Å²) in [6, 6.07) is 4.95. The Hall–Kier alpha value is -1.14. The Kier molecular flexibility index (Phi) is 3.63. The van der Waals surface area contributed by atoms with E-state index in [1.54, 1.807) is 12.1 Å². The van der Waals surface area contributed by atoms with Crippen LogP contribution in [-0.4, -0.2) is 38.2 Å². The van der Waals surface area contributed by atoms with Crippen molar-refractivity contribution in [1.82, 2.24) is 0 Å². The molecule has 1 aliphatic rings. The van der Waals surface area contributed by atoms with E-state index in [2.05, 4.69) is 27.9 Å². The monoisotopic (exact) mass is 300 g/mol. The van der Waals surface area contributed by atoms with E-state index in [-0.39, 0.29) is 10.6 Å². The van der Waals surface area contributed by atoms with Crippen LogP contribution in [0.25, 0.3) is 0 Å². The number of non-ortho nitro benzene ring substituents is 1. The number of halogens is 1. The third-order valence-electron chi connectivity index (χ3n) is 3.10. The summed E-state index contributed by atoms with van der Waals surface area (Å²) in [7, 11) is 2.18. The van der Waals surface area contributed by atoms with Crippen molar-refractivity contribution >= 4 is 27.3 Å². The summed E-state index contributed by atoms with van der Waals surface area (Å²) in [6.07, 6.45) is 0. The number of quaternary nitrogens is 1. The van der Waals surface area contributed by atoms with Gasteiger partial charge in [-0.05, 0) is 22.0 Å². The third-order valence-corrected chi connectivity index (χ3v) is 3.73. The van der Waals surface area contributed by atoms with Gasteiger partial charge in [0.2, 0.25) is 0 Å². The SMILES string of the molecule is C[NH+]1CCN(c2ccc([N+](=O)[O-])cc2Br)CC1. The molecule has 0 unspecified atom stereocenters. The minimum Gasteiger partial charge on any atom is -0.359 e. The first-order chi connectivity index (χ1) is 8.08. The van der Waals surface area contributed by atoms with E-state index in [1.165, 1.54) is 4.90 Å². The smallest absolute Gasteiger partial charge is 0.270 e. The first-order valence-corrected chi connectivity index (χ1v) is 6.37. The molecule has 5 nitrogen and oxygen atoms in total. The topological polar surface area (TPSA) is 50.8 Å². The summed E-state index contributed by atoms with van der Waals surface area (Å²) in [5.74, 6) is 0. The number of benzene rings is 1. The summed E-state index contributed by atoms with van der Waals surface area (Å²) in [5, 5.41) is 10.7. The molecule has 1 fully saturated rings. The van der Waals surface area contributed by atoms with Gasteiger partial charge in [-0.3, -0.25) is 10.1 Å². The first kappa shape index (κ1) is 12.3. The van der Waals surface area contributed by atoms with Crippen LogP contribution < -0.4 is 9.80 Å². The molecule has 1 N–H and O–H groups in total. The Morgan fingerprint density at radius 1 is 1.41 bits per heavy atom. The van der Waals surface area contributed by atoms with Gasteiger partial charge in [-0.15, -0.1) is 0 Å². The Balaban J connectivity index is 2.19. The maximum atomic E-state index is 10.7. The Labute approximate surface area is 108 Å². The van der Waals surface area contributed by atoms with Crippen molar-refractivity contribution in [2.45, 2.75) is 0 Å². The molecule has 1 aromatic carbocycles. The van der Waals surface area contributed by atoms with E-state index in [0.717, 1.165) is 36.3 Å². The van der Waals surface area contributed by atoms with Crippen LogP contribution in [0.3, 0.4) is 0 Å². The average molecular weight is 301 g/mol. The normalized spacial score (nSPS) is 17.2. The van der Waals surface area contributed by atoms with Crippen LogP contribution in [0.1, 0.15) is 0 Å². The molecule has 1 heterocycles. The van der Waals surface area contributed by atoms with Crippen LogP contribution in [0, 0.1) is 10.1 Å². The first-order valence-electron chi connectivity index (χ1n) is 5.58. The van der Waals surface area contributed by atoms with Gasteiger partial charge >= 0.3 is 0 Å². The van der Waals surface area contributed by atoms with Gasteiger partial charge in [0.15, 0.2) is 0 Å². The molecule has 0 bridgehead atoms. The molecular formula is C11H15BrN3O2+. The highest BCUT2D eigenvalue weighted by Gasteiger charge is 2.20. The fourth-order valence-corrected chi connectivity index (χ4v) is 2.61. The number of hydrogen-bond acceptors (Lipinski definition) is 3. The average Bonchev–Trinajstić information content (AvgIpc) is 2.30. The summed E-state index contributed by atoms with van der Waals surface area (Å²) >= 11 is 3.41. The molecular weight excluding hydrogens is 286 g/mol. The van der Waals surface area contributed by atoms with Gasteiger partial charge in [-0.1, -0.05) is 0 Å². The highest BCUT2D eigenvalue weighted by Crippen LogP contribution is 2.30. The van der Waals surface area contributed by atoms with E-state index in [1.807, 2.05) is 6.07 Å². The van der Waals surface area contributed by atoms with Gasteiger partial charge in [0, 0.05) is 16.6 Å². The second kappa shape index (κ2) is 5.01. The zero-order valence-electron chi connectivity index (χ0n) is 9.65. The number of piperazine rings is 1. The Morgan fingerprint density at radius 2 is 2.06 bits per heavy atom. The Bertz CT molecular complexity index is 431. The molecule has 0 aromatic heterocycles. The summed E-state index contributed by atoms with van der Waals surface area (Å²) < 4.78 is 0.797. The van der Waals surface area contributed by atoms with Gasteiger partial charge in [0.1, 0.15) is 0 Å². The van der Waals surface area contributed by atoms with Gasteiger partial charge in [-0.2, -0.15) is 0 Å². The van der Waals surface area contributed by atoms with Crippen LogP contribution in [-0.2, 0) is 0 Å². The zero-order chi connectivity index (χ0) is 12.4. The van der Waals surface area contributed by atoms with Crippen LogP contribution >= 0.6 is 15.9 Å². The fraction of sp³-hybridized carbons (Fsp3) is 0.455. The fourth-order valence-electron chi connectivity index (χ4n) is 2.00. The number of anilines is 1. The van der Waals surface area contributed by atoms with Gasteiger partial charge in [0.25, 0.3) is 5.69 Å². The molecule has 0 amide bonds. The van der Waals surface area contributed by atoms with E-state index in [9.17, 15) is 10.1 Å². The van der Waals surface area contributed by atoms with Crippen molar-refractivity contribution in [3.8, 4) is 0 Å². The summed E-state index contributed by atoms with van der Waals surface area (Å²) in [6.45, 7) is 4.18. The minimum absolute atomic E-state index is 0.125. The predicted molar refractivity (Wildman–Crippen MR) is 69.6 cm³/mol. The molecule has 2 rings (SSSR count). The molecule has 6 heteroatoms. The number of nitrogens with zero attached hydrogens (tertiary/aromatic N) is 2. The van der Waals surface area contributed by atoms with Crippen molar-refractivity contribution in [2.24, 2.45) is 0 Å². The molecule has 92 valence electrons. The predicted octanol–water partition coefficient (Wildman–Crippen LogP) is 0.692. The summed E-state index contributed by atoms with van der Waals surface area (Å²) in [4.78, 5) is 14.1. The second-order valence-corrected chi connectivity index (χ2v) is 5.19. The van der Waals surface area contributed by atoms with Crippen LogP contribution in [0.4, 0.5) is 11.4 Å². The van der Waals surface area contributed by atoms with Crippen molar-refractivity contribution in [3.05, 3.63) is 32.8 Å². The van der Waals surface area contributed by atoms with Crippen molar-refractivity contribution < 1.29 is 9.82 Å². The van der Waals surface area contributed by atoms with Crippen LogP contribution in [0.15, 0.2) is 22.7 Å². The maximum absolute atomic E-state index is 10.7. The molecule has 1 aliphatic heterocycles. The van der Waals surface area contributed by atoms with E-state index in [4.69, 9.17) is 0 Å². The number of rotatable bonds is 2. The zero-order valence-corrected chi connectivity index (χ0v) is 11.2. The molecule has 1 aromatic rings. The number of nitro benzene ring substituents is 1. The lowest BCUT2D eigenvalue weighted by molar-refractivity contribution is -0.880. The largest absolute Gasteiger partial charge is 0.359 e. The van der Waals surface area contributed by atoms with Crippen LogP contribution in [0.5, 0.6) is 0 Å². The highest BCUT2D eigenvalue weighted by atomic mass is 79.9. The lowest BCUT2D eigenvalue weighted by Crippen LogP contribution is -3.12. The number of nitrogens with one attached hydrogen (secondary N) is 1. The minimum atomic E-state index is -0.372. The Morgan fingerprint density at radius 3 is 2.59 bits per heavy atom. The second-order valence-electron chi connectivity index (χ2n) is 4.34. The molecule has 1 saturated heterocycles. The number of hydrogen-bond donors (Lipinski definition) is 1. The van der Waals surface area contributed by atoms with Gasteiger partial charge in [0.05, 0.1) is 43.8 Å². The van der Waals surface area contributed by atoms with Gasteiger partial charge < -0.3 is 9.80 Å². The van der Waals surface area contributed by atoms with Gasteiger partial charge in [-0.25, -0.2) is 0 Å². The third kappa shape index (κ3) is 2.76. The number of likely N-dealkylation sites (N-methyl/N-ethyl adjacent to an activating group) is 1. The molecule has 17 heavy (non-hydrogen) atoms. The standard InChI is InChI=1S/C11H14BrN3O2/c1-13-4-6-14(7-5-13)11-3-2-9(15(16)17)8-10(11)12/h2-3,8H,4-7H2,1H3/p+1. The van der Waals surface area contributed by atoms with Crippen molar-refractivity contribution in [2.75, 3.05) is 38.1 Å². The molecule has 0 aliphatic carbocycles. The van der Waals surface area contributed by atoms with E-state index >= 15 is 0 Å². The lowest BCUT2D eigenvalue weighted by Gasteiger charge is -2.32. The lowest BCUT2D eigenvalue weighted by atomic mass is 10.2. The molecule has 0 spiro atoms. The summed E-state index contributed by atoms with van der Waals surface area (Å²) in [5.41, 5.74) is 1.17. The van der Waals surface area contributed by atoms with Crippen LogP contribution in [0.2, 0.25) is 0 Å². The van der Waals surface area contributed by atoms with Crippen molar-refractivity contribution in [3.63, 3.8) is 0 Å². The molecule has 0 atom stereocenters. The van der Waals surface area contributed by atoms with E-state index in [0.29, 0.717) is 0 Å². The quantitative estimate of drug-likeness (QED) is 0.646. The molecule has 0 radical (unpaired) electrons. The van der Waals surface area contributed by atoms with E-state index < -0.39 is 0 Å². The maximum Gasteiger partial charge on any atom is 0.270 e. The molecule has 0 saturated carbocycles. The van der Waals surface area contributed by atoms with Crippen molar-refractivity contribution in [1.29, 1.82) is 0 Å².